The van der Waals surface area contributed by atoms with E-state index in [1.54, 1.807) is 0 Å². The first-order valence-electron chi connectivity index (χ1n) is 7.86. The lowest BCUT2D eigenvalue weighted by molar-refractivity contribution is -0.133. The van der Waals surface area contributed by atoms with E-state index in [2.05, 4.69) is 22.5 Å². The number of ether oxygens (including phenoxy) is 1. The number of fused-ring (bicyclic) bond motifs is 1. The van der Waals surface area contributed by atoms with E-state index in [9.17, 15) is 4.79 Å². The minimum atomic E-state index is -0.309. The van der Waals surface area contributed by atoms with E-state index in [0.717, 1.165) is 22.6 Å². The predicted molar refractivity (Wildman–Crippen MR) is 91.1 cm³/mol. The summed E-state index contributed by atoms with van der Waals surface area (Å²) in [5, 5.41) is 0. The molecule has 0 bridgehead atoms. The molecule has 6 heteroatoms. The molecule has 1 heterocycles. The number of anilines is 1. The van der Waals surface area contributed by atoms with Crippen LogP contribution in [-0.2, 0) is 22.7 Å². The molecule has 1 aliphatic heterocycles. The molecule has 0 saturated heterocycles. The van der Waals surface area contributed by atoms with Crippen molar-refractivity contribution in [2.75, 3.05) is 11.5 Å². The number of nitrogens with one attached hydrogen (secondary N) is 1. The Morgan fingerprint density at radius 3 is 2.83 bits per heavy atom. The van der Waals surface area contributed by atoms with E-state index in [0.29, 0.717) is 13.1 Å². The molecule has 1 unspecified atom stereocenters. The van der Waals surface area contributed by atoms with Crippen LogP contribution in [0.4, 0.5) is 5.69 Å². The molecule has 0 fully saturated rings. The lowest BCUT2D eigenvalue weighted by Crippen LogP contribution is -2.40. The standard InChI is InChI=1S/C18H21N3O3/c1-13(22)20-23-12-18-21(16-7-2-3-8-17(16)24-18)11-15-6-4-5-14(9-15)10-19/h2-9,18H,10-12,19H2,1H3,(H,20,22). The molecular formula is C18H21N3O3. The van der Waals surface area contributed by atoms with Gasteiger partial charge in [-0.2, -0.15) is 0 Å². The Hall–Kier alpha value is -2.57. The first-order valence-corrected chi connectivity index (χ1v) is 7.86. The molecule has 0 spiro atoms. The largest absolute Gasteiger partial charge is 0.466 e. The van der Waals surface area contributed by atoms with Crippen LogP contribution in [0.15, 0.2) is 48.5 Å². The van der Waals surface area contributed by atoms with Crippen LogP contribution in [0.25, 0.3) is 0 Å². The number of carbonyl (C=O) groups is 1. The van der Waals surface area contributed by atoms with E-state index >= 15 is 0 Å². The highest BCUT2D eigenvalue weighted by Gasteiger charge is 2.31. The average molecular weight is 327 g/mol. The van der Waals surface area contributed by atoms with Crippen molar-refractivity contribution in [2.45, 2.75) is 26.2 Å². The van der Waals surface area contributed by atoms with Crippen molar-refractivity contribution in [2.24, 2.45) is 5.73 Å². The molecule has 3 rings (SSSR count). The van der Waals surface area contributed by atoms with Crippen molar-refractivity contribution < 1.29 is 14.4 Å². The van der Waals surface area contributed by atoms with E-state index in [1.807, 2.05) is 36.4 Å². The summed E-state index contributed by atoms with van der Waals surface area (Å²) in [5.74, 6) is 0.566. The van der Waals surface area contributed by atoms with E-state index in [1.165, 1.54) is 6.92 Å². The fourth-order valence-electron chi connectivity index (χ4n) is 2.74. The summed E-state index contributed by atoms with van der Waals surface area (Å²) < 4.78 is 5.96. The third-order valence-corrected chi connectivity index (χ3v) is 3.81. The van der Waals surface area contributed by atoms with Crippen LogP contribution in [0, 0.1) is 0 Å². The number of hydrogen-bond donors (Lipinski definition) is 2. The maximum atomic E-state index is 11.0. The minimum Gasteiger partial charge on any atom is -0.466 e. The van der Waals surface area contributed by atoms with Gasteiger partial charge in [0.25, 0.3) is 0 Å². The van der Waals surface area contributed by atoms with Crippen LogP contribution >= 0.6 is 0 Å². The lowest BCUT2D eigenvalue weighted by atomic mass is 10.1. The highest BCUT2D eigenvalue weighted by Crippen LogP contribution is 2.37. The van der Waals surface area contributed by atoms with Crippen LogP contribution in [0.2, 0.25) is 0 Å². The second-order valence-corrected chi connectivity index (χ2v) is 5.66. The molecular weight excluding hydrogens is 306 g/mol. The highest BCUT2D eigenvalue weighted by atomic mass is 16.7. The summed E-state index contributed by atoms with van der Waals surface area (Å²) in [5.41, 5.74) is 11.3. The van der Waals surface area contributed by atoms with Gasteiger partial charge < -0.3 is 15.4 Å². The Morgan fingerprint density at radius 2 is 2.04 bits per heavy atom. The number of amides is 1. The molecule has 2 aromatic carbocycles. The van der Waals surface area contributed by atoms with Gasteiger partial charge >= 0.3 is 0 Å². The molecule has 1 aliphatic rings. The molecule has 3 N–H and O–H groups in total. The Bertz CT molecular complexity index is 720. The van der Waals surface area contributed by atoms with E-state index in [-0.39, 0.29) is 18.7 Å². The molecule has 0 aliphatic carbocycles. The monoisotopic (exact) mass is 327 g/mol. The van der Waals surface area contributed by atoms with Gasteiger partial charge in [0.05, 0.1) is 5.69 Å². The van der Waals surface area contributed by atoms with Gasteiger partial charge in [0.1, 0.15) is 12.4 Å². The van der Waals surface area contributed by atoms with Gasteiger partial charge in [0.15, 0.2) is 6.23 Å². The Kier molecular flexibility index (Phi) is 4.98. The van der Waals surface area contributed by atoms with E-state index < -0.39 is 0 Å². The molecule has 126 valence electrons. The number of benzene rings is 2. The normalized spacial score (nSPS) is 15.8. The van der Waals surface area contributed by atoms with Crippen molar-refractivity contribution in [3.8, 4) is 5.75 Å². The number of nitrogens with two attached hydrogens (primary N) is 1. The van der Waals surface area contributed by atoms with Crippen LogP contribution in [0.1, 0.15) is 18.1 Å². The van der Waals surface area contributed by atoms with Crippen molar-refractivity contribution >= 4 is 11.6 Å². The molecule has 0 radical (unpaired) electrons. The van der Waals surface area contributed by atoms with E-state index in [4.69, 9.17) is 15.3 Å². The Balaban J connectivity index is 1.78. The topological polar surface area (TPSA) is 76.8 Å². The Morgan fingerprint density at radius 1 is 1.25 bits per heavy atom. The molecule has 6 nitrogen and oxygen atoms in total. The van der Waals surface area contributed by atoms with Gasteiger partial charge in [-0.15, -0.1) is 0 Å². The molecule has 1 atom stereocenters. The van der Waals surface area contributed by atoms with Crippen molar-refractivity contribution in [1.82, 2.24) is 5.48 Å². The van der Waals surface area contributed by atoms with Gasteiger partial charge in [0.2, 0.25) is 5.91 Å². The van der Waals surface area contributed by atoms with Gasteiger partial charge in [-0.25, -0.2) is 5.48 Å². The third-order valence-electron chi connectivity index (χ3n) is 3.81. The number of para-hydroxylation sites is 2. The summed E-state index contributed by atoms with van der Waals surface area (Å²) >= 11 is 0. The number of nitrogens with zero attached hydrogens (tertiary/aromatic N) is 1. The molecule has 0 saturated carbocycles. The number of carbonyl (C=O) groups excluding carboxylic acids is 1. The quantitative estimate of drug-likeness (QED) is 0.793. The van der Waals surface area contributed by atoms with Crippen molar-refractivity contribution in [1.29, 1.82) is 0 Å². The first-order chi connectivity index (χ1) is 11.7. The molecule has 0 aromatic heterocycles. The van der Waals surface area contributed by atoms with Crippen LogP contribution in [0.5, 0.6) is 5.75 Å². The summed E-state index contributed by atoms with van der Waals surface area (Å²) in [6, 6.07) is 16.0. The third kappa shape index (κ3) is 3.67. The summed E-state index contributed by atoms with van der Waals surface area (Å²) in [4.78, 5) is 18.3. The van der Waals surface area contributed by atoms with Gasteiger partial charge in [-0.3, -0.25) is 9.63 Å². The summed E-state index contributed by atoms with van der Waals surface area (Å²) in [6.45, 7) is 2.81. The zero-order valence-corrected chi connectivity index (χ0v) is 13.6. The fraction of sp³-hybridized carbons (Fsp3) is 0.278. The number of rotatable bonds is 6. The fourth-order valence-corrected chi connectivity index (χ4v) is 2.74. The van der Waals surface area contributed by atoms with Gasteiger partial charge in [-0.1, -0.05) is 36.4 Å². The average Bonchev–Trinajstić information content (AvgIpc) is 2.92. The summed E-state index contributed by atoms with van der Waals surface area (Å²) in [7, 11) is 0. The van der Waals surface area contributed by atoms with Gasteiger partial charge in [0, 0.05) is 20.0 Å². The van der Waals surface area contributed by atoms with Crippen LogP contribution in [-0.4, -0.2) is 18.7 Å². The number of hydroxylamine groups is 1. The minimum absolute atomic E-state index is 0.227. The van der Waals surface area contributed by atoms with Crippen molar-refractivity contribution in [3.05, 3.63) is 59.7 Å². The zero-order chi connectivity index (χ0) is 16.9. The zero-order valence-electron chi connectivity index (χ0n) is 13.6. The van der Waals surface area contributed by atoms with Gasteiger partial charge in [-0.05, 0) is 23.3 Å². The second kappa shape index (κ2) is 7.33. The Labute approximate surface area is 141 Å². The second-order valence-electron chi connectivity index (χ2n) is 5.66. The maximum absolute atomic E-state index is 11.0. The predicted octanol–water partition coefficient (Wildman–Crippen LogP) is 1.94. The van der Waals surface area contributed by atoms with Crippen LogP contribution < -0.4 is 20.9 Å². The van der Waals surface area contributed by atoms with Crippen LogP contribution in [0.3, 0.4) is 0 Å². The smallest absolute Gasteiger partial charge is 0.240 e. The first kappa shape index (κ1) is 16.3. The SMILES string of the molecule is CC(=O)NOCC1Oc2ccccc2N1Cc1cccc(CN)c1. The summed E-state index contributed by atoms with van der Waals surface area (Å²) in [6.07, 6.45) is -0.309. The highest BCUT2D eigenvalue weighted by molar-refractivity contribution is 5.71. The molecule has 2 aromatic rings. The van der Waals surface area contributed by atoms with Crippen molar-refractivity contribution in [3.63, 3.8) is 0 Å². The lowest BCUT2D eigenvalue weighted by Gasteiger charge is -2.25. The maximum Gasteiger partial charge on any atom is 0.240 e. The number of hydrogen-bond acceptors (Lipinski definition) is 5. The molecule has 1 amide bonds. The molecule has 24 heavy (non-hydrogen) atoms.